The smallest absolute Gasteiger partial charge is 0.220 e. The van der Waals surface area contributed by atoms with Crippen molar-refractivity contribution in [1.29, 1.82) is 0 Å². The molecule has 154 valence electrons. The van der Waals surface area contributed by atoms with E-state index in [4.69, 9.17) is 0 Å². The van der Waals surface area contributed by atoms with Crippen molar-refractivity contribution >= 4 is 34.5 Å². The standard InChI is InChI=1S/C21H28N6OS/c1-4-29-21-25-19(24-15(2)3)17-14-23-27(20(17)26-21)13-12-22-18(28)11-10-16-8-6-5-7-9-16/h5-9,14-15H,4,10-13H2,1-3H3,(H,22,28)(H,24,25,26). The third-order valence-corrected chi connectivity index (χ3v) is 5.03. The number of aromatic nitrogens is 4. The molecule has 3 aromatic rings. The lowest BCUT2D eigenvalue weighted by Gasteiger charge is -2.11. The van der Waals surface area contributed by atoms with E-state index in [2.05, 4.69) is 46.5 Å². The van der Waals surface area contributed by atoms with Gasteiger partial charge in [0.05, 0.1) is 18.1 Å². The van der Waals surface area contributed by atoms with E-state index >= 15 is 0 Å². The van der Waals surface area contributed by atoms with Crippen LogP contribution in [-0.4, -0.2) is 44.0 Å². The van der Waals surface area contributed by atoms with E-state index in [-0.39, 0.29) is 11.9 Å². The molecule has 0 aliphatic carbocycles. The maximum atomic E-state index is 12.1. The molecule has 0 aliphatic heterocycles. The first kappa shape index (κ1) is 21.1. The molecule has 0 atom stereocenters. The number of nitrogens with one attached hydrogen (secondary N) is 2. The Morgan fingerprint density at radius 2 is 2.00 bits per heavy atom. The fourth-order valence-corrected chi connectivity index (χ4v) is 3.53. The molecule has 2 aromatic heterocycles. The monoisotopic (exact) mass is 412 g/mol. The first-order chi connectivity index (χ1) is 14.1. The van der Waals surface area contributed by atoms with Gasteiger partial charge in [-0.3, -0.25) is 4.79 Å². The molecule has 2 heterocycles. The van der Waals surface area contributed by atoms with Gasteiger partial charge < -0.3 is 10.6 Å². The average Bonchev–Trinajstić information content (AvgIpc) is 3.10. The zero-order valence-electron chi connectivity index (χ0n) is 17.2. The fraction of sp³-hybridized carbons (Fsp3) is 0.429. The van der Waals surface area contributed by atoms with Gasteiger partial charge in [0.1, 0.15) is 5.82 Å². The highest BCUT2D eigenvalue weighted by atomic mass is 32.2. The maximum absolute atomic E-state index is 12.1. The van der Waals surface area contributed by atoms with Crippen molar-refractivity contribution in [1.82, 2.24) is 25.1 Å². The molecule has 3 rings (SSSR count). The third-order valence-electron chi connectivity index (χ3n) is 4.30. The van der Waals surface area contributed by atoms with Gasteiger partial charge >= 0.3 is 0 Å². The number of benzene rings is 1. The van der Waals surface area contributed by atoms with Gasteiger partial charge in [0.25, 0.3) is 0 Å². The summed E-state index contributed by atoms with van der Waals surface area (Å²) in [6.45, 7) is 7.31. The number of rotatable bonds is 10. The van der Waals surface area contributed by atoms with E-state index in [0.29, 0.717) is 19.5 Å². The predicted octanol–water partition coefficient (Wildman–Crippen LogP) is 3.51. The number of thioether (sulfide) groups is 1. The number of fused-ring (bicyclic) bond motifs is 1. The molecule has 7 nitrogen and oxygen atoms in total. The van der Waals surface area contributed by atoms with Crippen LogP contribution in [0.15, 0.2) is 41.7 Å². The van der Waals surface area contributed by atoms with Crippen LogP contribution in [0, 0.1) is 0 Å². The molecule has 8 heteroatoms. The highest BCUT2D eigenvalue weighted by Gasteiger charge is 2.14. The zero-order valence-corrected chi connectivity index (χ0v) is 18.0. The number of amides is 1. The van der Waals surface area contributed by atoms with E-state index in [1.54, 1.807) is 18.0 Å². The van der Waals surface area contributed by atoms with Crippen molar-refractivity contribution in [3.8, 4) is 0 Å². The number of anilines is 1. The van der Waals surface area contributed by atoms with Crippen LogP contribution in [0.5, 0.6) is 0 Å². The largest absolute Gasteiger partial charge is 0.367 e. The topological polar surface area (TPSA) is 84.7 Å². The van der Waals surface area contributed by atoms with Crippen molar-refractivity contribution in [2.45, 2.75) is 51.4 Å². The van der Waals surface area contributed by atoms with Gasteiger partial charge in [-0.2, -0.15) is 5.10 Å². The number of aryl methyl sites for hydroxylation is 1. The number of carbonyl (C=O) groups is 1. The predicted molar refractivity (Wildman–Crippen MR) is 118 cm³/mol. The lowest BCUT2D eigenvalue weighted by molar-refractivity contribution is -0.121. The minimum Gasteiger partial charge on any atom is -0.367 e. The van der Waals surface area contributed by atoms with E-state index in [1.807, 2.05) is 35.0 Å². The van der Waals surface area contributed by atoms with Crippen molar-refractivity contribution in [3.63, 3.8) is 0 Å². The Kier molecular flexibility index (Phi) is 7.46. The molecule has 1 aromatic carbocycles. The number of hydrogen-bond donors (Lipinski definition) is 2. The van der Waals surface area contributed by atoms with Crippen molar-refractivity contribution in [3.05, 3.63) is 42.1 Å². The molecule has 0 radical (unpaired) electrons. The molecule has 0 aliphatic rings. The number of carbonyl (C=O) groups excluding carboxylic acids is 1. The van der Waals surface area contributed by atoms with Crippen LogP contribution in [0.2, 0.25) is 0 Å². The fourth-order valence-electron chi connectivity index (χ4n) is 2.97. The highest BCUT2D eigenvalue weighted by Crippen LogP contribution is 2.24. The van der Waals surface area contributed by atoms with Gasteiger partial charge in [-0.15, -0.1) is 0 Å². The summed E-state index contributed by atoms with van der Waals surface area (Å²) in [5.41, 5.74) is 1.96. The van der Waals surface area contributed by atoms with E-state index in [1.165, 1.54) is 5.56 Å². The van der Waals surface area contributed by atoms with E-state index in [0.717, 1.165) is 34.2 Å². The molecular weight excluding hydrogens is 384 g/mol. The van der Waals surface area contributed by atoms with Crippen LogP contribution in [0.25, 0.3) is 11.0 Å². The molecular formula is C21H28N6OS. The molecule has 2 N–H and O–H groups in total. The van der Waals surface area contributed by atoms with E-state index in [9.17, 15) is 4.79 Å². The van der Waals surface area contributed by atoms with Crippen molar-refractivity contribution in [2.24, 2.45) is 0 Å². The molecule has 0 unspecified atom stereocenters. The molecule has 0 spiro atoms. The van der Waals surface area contributed by atoms with Gasteiger partial charge in [-0.1, -0.05) is 49.0 Å². The highest BCUT2D eigenvalue weighted by molar-refractivity contribution is 7.99. The van der Waals surface area contributed by atoms with Crippen LogP contribution in [0.4, 0.5) is 5.82 Å². The molecule has 29 heavy (non-hydrogen) atoms. The van der Waals surface area contributed by atoms with Gasteiger partial charge in [0.15, 0.2) is 10.8 Å². The van der Waals surface area contributed by atoms with Crippen molar-refractivity contribution < 1.29 is 4.79 Å². The number of nitrogens with zero attached hydrogens (tertiary/aromatic N) is 4. The summed E-state index contributed by atoms with van der Waals surface area (Å²) < 4.78 is 1.83. The van der Waals surface area contributed by atoms with Gasteiger partial charge in [0.2, 0.25) is 5.91 Å². The summed E-state index contributed by atoms with van der Waals surface area (Å²) in [6, 6.07) is 10.3. The first-order valence-electron chi connectivity index (χ1n) is 10.00. The zero-order chi connectivity index (χ0) is 20.6. The SMILES string of the molecule is CCSc1nc(NC(C)C)c2cnn(CCNC(=O)CCc3ccccc3)c2n1. The quantitative estimate of drug-likeness (QED) is 0.392. The summed E-state index contributed by atoms with van der Waals surface area (Å²) >= 11 is 1.60. The molecule has 0 bridgehead atoms. The van der Waals surface area contributed by atoms with Gasteiger partial charge in [0, 0.05) is 19.0 Å². The average molecular weight is 413 g/mol. The second-order valence-electron chi connectivity index (χ2n) is 7.03. The van der Waals surface area contributed by atoms with Crippen LogP contribution in [0.1, 0.15) is 32.8 Å². The minimum atomic E-state index is 0.0457. The van der Waals surface area contributed by atoms with Crippen LogP contribution >= 0.6 is 11.8 Å². The normalized spacial score (nSPS) is 11.2. The second kappa shape index (κ2) is 10.2. The summed E-state index contributed by atoms with van der Waals surface area (Å²) in [4.78, 5) is 21.4. The Hall–Kier alpha value is -2.61. The van der Waals surface area contributed by atoms with E-state index < -0.39 is 0 Å². The first-order valence-corrected chi connectivity index (χ1v) is 11.0. The maximum Gasteiger partial charge on any atom is 0.220 e. The minimum absolute atomic E-state index is 0.0457. The van der Waals surface area contributed by atoms with Gasteiger partial charge in [-0.25, -0.2) is 14.6 Å². The summed E-state index contributed by atoms with van der Waals surface area (Å²) in [5.74, 6) is 1.75. The Morgan fingerprint density at radius 1 is 1.21 bits per heavy atom. The molecule has 0 saturated heterocycles. The lowest BCUT2D eigenvalue weighted by Crippen LogP contribution is -2.27. The Labute approximate surface area is 175 Å². The summed E-state index contributed by atoms with van der Waals surface area (Å²) in [5, 5.41) is 12.5. The molecule has 0 fully saturated rings. The summed E-state index contributed by atoms with van der Waals surface area (Å²) in [7, 11) is 0. The van der Waals surface area contributed by atoms with Crippen LogP contribution in [0.3, 0.4) is 0 Å². The molecule has 0 saturated carbocycles. The van der Waals surface area contributed by atoms with Gasteiger partial charge in [-0.05, 0) is 31.6 Å². The Bertz CT molecular complexity index is 941. The number of hydrogen-bond acceptors (Lipinski definition) is 6. The molecule has 1 amide bonds. The lowest BCUT2D eigenvalue weighted by atomic mass is 10.1. The Morgan fingerprint density at radius 3 is 2.72 bits per heavy atom. The third kappa shape index (κ3) is 5.93. The van der Waals surface area contributed by atoms with Crippen molar-refractivity contribution in [2.75, 3.05) is 17.6 Å². The summed E-state index contributed by atoms with van der Waals surface area (Å²) in [6.07, 6.45) is 3.01. The van der Waals surface area contributed by atoms with Crippen LogP contribution in [-0.2, 0) is 17.8 Å². The van der Waals surface area contributed by atoms with Crippen LogP contribution < -0.4 is 10.6 Å². The second-order valence-corrected chi connectivity index (χ2v) is 8.26. The Balaban J connectivity index is 1.62.